The van der Waals surface area contributed by atoms with Crippen LogP contribution in [0, 0.1) is 10.1 Å². The summed E-state index contributed by atoms with van der Waals surface area (Å²) >= 11 is 0. The van der Waals surface area contributed by atoms with Gasteiger partial charge in [0.1, 0.15) is 6.10 Å². The van der Waals surface area contributed by atoms with Crippen molar-refractivity contribution in [2.45, 2.75) is 26.1 Å². The van der Waals surface area contributed by atoms with Gasteiger partial charge >= 0.3 is 0 Å². The summed E-state index contributed by atoms with van der Waals surface area (Å²) in [5, 5.41) is 10.6. The summed E-state index contributed by atoms with van der Waals surface area (Å²) in [6, 6.07) is 6.13. The largest absolute Gasteiger partial charge is 0.354 e. The number of hydrogen-bond donors (Lipinski definition) is 0. The van der Waals surface area contributed by atoms with Crippen molar-refractivity contribution in [3.8, 4) is 0 Å². The van der Waals surface area contributed by atoms with Crippen molar-refractivity contribution in [1.29, 1.82) is 0 Å². The Morgan fingerprint density at radius 3 is 2.37 bits per heavy atom. The molecule has 1 aliphatic heterocycles. The molecule has 2 atom stereocenters. The zero-order chi connectivity index (χ0) is 14.0. The van der Waals surface area contributed by atoms with E-state index >= 15 is 0 Å². The van der Waals surface area contributed by atoms with E-state index in [0.717, 1.165) is 5.56 Å². The number of carbonyl (C=O) groups excluding carboxylic acids is 1. The Labute approximate surface area is 111 Å². The molecule has 0 unspecified atom stereocenters. The molecule has 1 fully saturated rings. The van der Waals surface area contributed by atoms with Crippen LogP contribution in [0.2, 0.25) is 0 Å². The summed E-state index contributed by atoms with van der Waals surface area (Å²) in [5.41, 5.74) is 0.840. The fourth-order valence-electron chi connectivity index (χ4n) is 2.05. The van der Waals surface area contributed by atoms with Gasteiger partial charge in [-0.1, -0.05) is 0 Å². The molecular weight excluding hydrogens is 248 g/mol. The third-order valence-electron chi connectivity index (χ3n) is 3.24. The summed E-state index contributed by atoms with van der Waals surface area (Å²) < 4.78 is 5.39. The molecule has 0 aromatic heterocycles. The zero-order valence-corrected chi connectivity index (χ0v) is 10.9. The molecule has 6 nitrogen and oxygen atoms in total. The van der Waals surface area contributed by atoms with Crippen LogP contribution >= 0.6 is 0 Å². The Balaban J connectivity index is 2.02. The first kappa shape index (κ1) is 13.5. The number of ether oxygens (including phenoxy) is 1. The lowest BCUT2D eigenvalue weighted by Crippen LogP contribution is -2.34. The van der Waals surface area contributed by atoms with Crippen LogP contribution in [-0.2, 0) is 9.53 Å². The molecule has 1 aliphatic rings. The highest BCUT2D eigenvalue weighted by atomic mass is 16.6. The standard InChI is InChI=1S/C13H16N2O4/c1-3-14(4-2)13(16)12-11(19-12)9-5-7-10(8-6-9)15(17)18/h5-8,11-12H,3-4H2,1-2H3/t11-,12+/m0/s1. The number of nitro groups is 1. The highest BCUT2D eigenvalue weighted by Gasteiger charge is 2.47. The van der Waals surface area contributed by atoms with Crippen LogP contribution in [0.25, 0.3) is 0 Å². The number of rotatable bonds is 5. The van der Waals surface area contributed by atoms with Gasteiger partial charge in [-0.3, -0.25) is 14.9 Å². The maximum Gasteiger partial charge on any atom is 0.269 e. The summed E-state index contributed by atoms with van der Waals surface area (Å²) in [6.45, 7) is 5.15. The lowest BCUT2D eigenvalue weighted by atomic mass is 10.1. The smallest absolute Gasteiger partial charge is 0.269 e. The van der Waals surface area contributed by atoms with Crippen LogP contribution in [0.4, 0.5) is 5.69 Å². The van der Waals surface area contributed by atoms with E-state index in [9.17, 15) is 14.9 Å². The van der Waals surface area contributed by atoms with Gasteiger partial charge in [0.05, 0.1) is 4.92 Å². The van der Waals surface area contributed by atoms with E-state index in [1.54, 1.807) is 17.0 Å². The van der Waals surface area contributed by atoms with Crippen molar-refractivity contribution in [3.63, 3.8) is 0 Å². The topological polar surface area (TPSA) is 76.0 Å². The maximum absolute atomic E-state index is 12.0. The molecule has 102 valence electrons. The normalized spacial score (nSPS) is 20.9. The summed E-state index contributed by atoms with van der Waals surface area (Å²) in [5.74, 6) is -0.0200. The number of nitrogens with zero attached hydrogens (tertiary/aromatic N) is 2. The summed E-state index contributed by atoms with van der Waals surface area (Å²) in [6.07, 6.45) is -0.713. The first-order valence-corrected chi connectivity index (χ1v) is 6.27. The molecule has 1 amide bonds. The van der Waals surface area contributed by atoms with Gasteiger partial charge in [0.25, 0.3) is 11.6 Å². The Morgan fingerprint density at radius 1 is 1.32 bits per heavy atom. The Kier molecular flexibility index (Phi) is 3.80. The van der Waals surface area contributed by atoms with Crippen LogP contribution in [0.5, 0.6) is 0 Å². The van der Waals surface area contributed by atoms with E-state index in [0.29, 0.717) is 13.1 Å². The molecule has 0 spiro atoms. The molecule has 1 aromatic rings. The van der Waals surface area contributed by atoms with E-state index in [4.69, 9.17) is 4.74 Å². The number of epoxide rings is 1. The van der Waals surface area contributed by atoms with Gasteiger partial charge in [-0.2, -0.15) is 0 Å². The third kappa shape index (κ3) is 2.73. The van der Waals surface area contributed by atoms with E-state index in [2.05, 4.69) is 0 Å². The number of hydrogen-bond acceptors (Lipinski definition) is 4. The van der Waals surface area contributed by atoms with Crippen LogP contribution in [0.1, 0.15) is 25.5 Å². The quantitative estimate of drug-likeness (QED) is 0.462. The second-order valence-electron chi connectivity index (χ2n) is 4.34. The van der Waals surface area contributed by atoms with Crippen molar-refractivity contribution < 1.29 is 14.5 Å². The highest BCUT2D eigenvalue weighted by Crippen LogP contribution is 2.40. The van der Waals surface area contributed by atoms with E-state index in [1.165, 1.54) is 12.1 Å². The van der Waals surface area contributed by atoms with Gasteiger partial charge in [-0.05, 0) is 31.5 Å². The molecule has 6 heteroatoms. The van der Waals surface area contributed by atoms with Gasteiger partial charge in [0.15, 0.2) is 6.10 Å². The van der Waals surface area contributed by atoms with Crippen molar-refractivity contribution in [2.24, 2.45) is 0 Å². The highest BCUT2D eigenvalue weighted by molar-refractivity contribution is 5.84. The average Bonchev–Trinajstić information content (AvgIpc) is 3.20. The minimum Gasteiger partial charge on any atom is -0.354 e. The molecule has 1 heterocycles. The molecule has 0 radical (unpaired) electrons. The number of benzene rings is 1. The fraction of sp³-hybridized carbons (Fsp3) is 0.462. The first-order valence-electron chi connectivity index (χ1n) is 6.27. The number of non-ortho nitro benzene ring substituents is 1. The maximum atomic E-state index is 12.0. The molecule has 0 N–H and O–H groups in total. The monoisotopic (exact) mass is 264 g/mol. The minimum atomic E-state index is -0.448. The lowest BCUT2D eigenvalue weighted by Gasteiger charge is -2.16. The number of likely N-dealkylation sites (N-methyl/N-ethyl adjacent to an activating group) is 1. The predicted octanol–water partition coefficient (Wildman–Crippen LogP) is 1.90. The van der Waals surface area contributed by atoms with Gasteiger partial charge in [-0.15, -0.1) is 0 Å². The van der Waals surface area contributed by atoms with Gasteiger partial charge in [0, 0.05) is 25.2 Å². The molecule has 1 saturated heterocycles. The van der Waals surface area contributed by atoms with Gasteiger partial charge < -0.3 is 9.64 Å². The summed E-state index contributed by atoms with van der Waals surface area (Å²) in [7, 11) is 0. The van der Waals surface area contributed by atoms with Crippen LogP contribution < -0.4 is 0 Å². The van der Waals surface area contributed by atoms with E-state index in [-0.39, 0.29) is 17.7 Å². The number of nitro benzene ring substituents is 1. The molecular formula is C13H16N2O4. The minimum absolute atomic E-state index is 0.0200. The van der Waals surface area contributed by atoms with Gasteiger partial charge in [-0.25, -0.2) is 0 Å². The zero-order valence-electron chi connectivity index (χ0n) is 10.9. The second kappa shape index (κ2) is 5.36. The van der Waals surface area contributed by atoms with Crippen LogP contribution in [0.15, 0.2) is 24.3 Å². The number of carbonyl (C=O) groups is 1. The summed E-state index contributed by atoms with van der Waals surface area (Å²) in [4.78, 5) is 23.8. The molecule has 1 aromatic carbocycles. The molecule has 19 heavy (non-hydrogen) atoms. The Bertz CT molecular complexity index is 482. The van der Waals surface area contributed by atoms with Crippen molar-refractivity contribution in [1.82, 2.24) is 4.90 Å². The van der Waals surface area contributed by atoms with E-state index < -0.39 is 11.0 Å². The lowest BCUT2D eigenvalue weighted by molar-refractivity contribution is -0.384. The Morgan fingerprint density at radius 2 is 1.89 bits per heavy atom. The second-order valence-corrected chi connectivity index (χ2v) is 4.34. The van der Waals surface area contributed by atoms with Crippen LogP contribution in [0.3, 0.4) is 0 Å². The average molecular weight is 264 g/mol. The fourth-order valence-corrected chi connectivity index (χ4v) is 2.05. The van der Waals surface area contributed by atoms with E-state index in [1.807, 2.05) is 13.8 Å². The van der Waals surface area contributed by atoms with Crippen molar-refractivity contribution >= 4 is 11.6 Å². The molecule has 0 aliphatic carbocycles. The predicted molar refractivity (Wildman–Crippen MR) is 68.6 cm³/mol. The number of amides is 1. The Hall–Kier alpha value is -1.95. The third-order valence-corrected chi connectivity index (χ3v) is 3.24. The molecule has 0 bridgehead atoms. The van der Waals surface area contributed by atoms with Crippen molar-refractivity contribution in [3.05, 3.63) is 39.9 Å². The van der Waals surface area contributed by atoms with Crippen molar-refractivity contribution in [2.75, 3.05) is 13.1 Å². The molecule has 0 saturated carbocycles. The first-order chi connectivity index (χ1) is 9.08. The van der Waals surface area contributed by atoms with Gasteiger partial charge in [0.2, 0.25) is 0 Å². The van der Waals surface area contributed by atoms with Crippen LogP contribution in [-0.4, -0.2) is 34.9 Å². The molecule has 2 rings (SSSR count). The SMILES string of the molecule is CCN(CC)C(=O)[C@@H]1O[C@H]1c1ccc([N+](=O)[O-])cc1.